The van der Waals surface area contributed by atoms with Gasteiger partial charge in [-0.2, -0.15) is 0 Å². The zero-order valence-electron chi connectivity index (χ0n) is 16.9. The lowest BCUT2D eigenvalue weighted by Crippen LogP contribution is -2.44. The Morgan fingerprint density at radius 2 is 1.89 bits per heavy atom. The van der Waals surface area contributed by atoms with Crippen molar-refractivity contribution in [1.29, 1.82) is 0 Å². The van der Waals surface area contributed by atoms with Crippen LogP contribution in [0.1, 0.15) is 24.5 Å². The van der Waals surface area contributed by atoms with Gasteiger partial charge in [0.15, 0.2) is 17.5 Å². The summed E-state index contributed by atoms with van der Waals surface area (Å²) < 4.78 is 36.3. The maximum Gasteiger partial charge on any atom is 0.214 e. The number of benzene rings is 1. The van der Waals surface area contributed by atoms with Crippen molar-refractivity contribution in [3.8, 4) is 11.5 Å². The van der Waals surface area contributed by atoms with Crippen LogP contribution in [0.5, 0.6) is 11.5 Å². The molecule has 0 amide bonds. The Morgan fingerprint density at radius 1 is 1.18 bits per heavy atom. The summed E-state index contributed by atoms with van der Waals surface area (Å²) in [5, 5.41) is 3.33. The zero-order valence-corrected chi connectivity index (χ0v) is 17.7. The average Bonchev–Trinajstić information content (AvgIpc) is 3.03. The van der Waals surface area contributed by atoms with E-state index in [4.69, 9.17) is 9.47 Å². The molecule has 0 unspecified atom stereocenters. The third-order valence-corrected chi connectivity index (χ3v) is 7.12. The summed E-state index contributed by atoms with van der Waals surface area (Å²) in [5.74, 6) is 2.55. The lowest BCUT2D eigenvalue weighted by Gasteiger charge is -2.32. The van der Waals surface area contributed by atoms with Crippen LogP contribution >= 0.6 is 0 Å². The van der Waals surface area contributed by atoms with Gasteiger partial charge in [0.1, 0.15) is 0 Å². The summed E-state index contributed by atoms with van der Waals surface area (Å²) in [7, 11) is 0.218. The number of sulfonamides is 1. The van der Waals surface area contributed by atoms with E-state index in [1.807, 2.05) is 19.1 Å². The first-order valence-corrected chi connectivity index (χ1v) is 11.3. The molecule has 2 aliphatic rings. The molecule has 1 aromatic carbocycles. The van der Waals surface area contributed by atoms with Gasteiger partial charge in [-0.15, -0.1) is 0 Å². The molecule has 1 N–H and O–H groups in total. The van der Waals surface area contributed by atoms with Crippen LogP contribution in [0.3, 0.4) is 0 Å². The van der Waals surface area contributed by atoms with Gasteiger partial charge in [0.25, 0.3) is 0 Å². The van der Waals surface area contributed by atoms with Gasteiger partial charge in [0, 0.05) is 32.7 Å². The molecule has 0 radical (unpaired) electrons. The van der Waals surface area contributed by atoms with E-state index in [-0.39, 0.29) is 5.75 Å². The standard InChI is InChI=1S/C19H30N4O4S/c1-4-20-19(21-7-10-23-8-5-11-28(23,24)25)22-9-6-15-12-17(26-2)18(27-3)13-16(15)14-22/h12-13H,4-11,14H2,1-3H3,(H,20,21). The molecule has 9 heteroatoms. The first-order valence-electron chi connectivity index (χ1n) is 9.73. The molecule has 0 saturated carbocycles. The van der Waals surface area contributed by atoms with Gasteiger partial charge in [-0.1, -0.05) is 0 Å². The molecule has 0 aliphatic carbocycles. The Balaban J connectivity index is 1.71. The zero-order chi connectivity index (χ0) is 20.1. The number of guanidine groups is 1. The fraction of sp³-hybridized carbons (Fsp3) is 0.632. The first-order chi connectivity index (χ1) is 13.5. The second-order valence-corrected chi connectivity index (χ2v) is 9.04. The Bertz CT molecular complexity index is 825. The molecule has 156 valence electrons. The number of hydrogen-bond acceptors (Lipinski definition) is 5. The van der Waals surface area contributed by atoms with E-state index in [2.05, 4.69) is 15.2 Å². The summed E-state index contributed by atoms with van der Waals surface area (Å²) in [4.78, 5) is 6.89. The normalized spacial score (nSPS) is 19.4. The lowest BCUT2D eigenvalue weighted by molar-refractivity contribution is 0.345. The Kier molecular flexibility index (Phi) is 6.66. The van der Waals surface area contributed by atoms with Gasteiger partial charge >= 0.3 is 0 Å². The lowest BCUT2D eigenvalue weighted by atomic mass is 9.99. The van der Waals surface area contributed by atoms with Gasteiger partial charge in [-0.05, 0) is 43.0 Å². The highest BCUT2D eigenvalue weighted by Gasteiger charge is 2.27. The molecular weight excluding hydrogens is 380 g/mol. The van der Waals surface area contributed by atoms with Crippen molar-refractivity contribution in [1.82, 2.24) is 14.5 Å². The van der Waals surface area contributed by atoms with E-state index in [1.54, 1.807) is 18.5 Å². The van der Waals surface area contributed by atoms with Crippen LogP contribution in [-0.4, -0.2) is 76.3 Å². The van der Waals surface area contributed by atoms with Crippen molar-refractivity contribution < 1.29 is 17.9 Å². The van der Waals surface area contributed by atoms with Crippen LogP contribution in [0.4, 0.5) is 0 Å². The summed E-state index contributed by atoms with van der Waals surface area (Å²) in [6.07, 6.45) is 1.60. The summed E-state index contributed by atoms with van der Waals surface area (Å²) in [6, 6.07) is 4.08. The molecule has 28 heavy (non-hydrogen) atoms. The Hall–Kier alpha value is -2.00. The molecule has 2 heterocycles. The number of aliphatic imine (C=N–C) groups is 1. The molecule has 1 fully saturated rings. The number of ether oxygens (including phenoxy) is 2. The fourth-order valence-corrected chi connectivity index (χ4v) is 5.22. The average molecular weight is 411 g/mol. The minimum atomic E-state index is -3.07. The highest BCUT2D eigenvalue weighted by Crippen LogP contribution is 2.33. The van der Waals surface area contributed by atoms with Crippen LogP contribution in [0.2, 0.25) is 0 Å². The molecule has 0 spiro atoms. The Labute approximate surface area is 167 Å². The minimum absolute atomic E-state index is 0.255. The van der Waals surface area contributed by atoms with E-state index in [9.17, 15) is 8.42 Å². The van der Waals surface area contributed by atoms with Gasteiger partial charge < -0.3 is 19.7 Å². The SMILES string of the molecule is CCNC(=NCCN1CCCS1(=O)=O)N1CCc2cc(OC)c(OC)cc2C1. The van der Waals surface area contributed by atoms with Crippen LogP contribution < -0.4 is 14.8 Å². The molecule has 0 aromatic heterocycles. The molecule has 1 saturated heterocycles. The van der Waals surface area contributed by atoms with Crippen LogP contribution in [-0.2, 0) is 23.0 Å². The number of fused-ring (bicyclic) bond motifs is 1. The van der Waals surface area contributed by atoms with Gasteiger partial charge in [0.05, 0.1) is 26.5 Å². The second-order valence-electron chi connectivity index (χ2n) is 6.95. The molecule has 0 atom stereocenters. The fourth-order valence-electron chi connectivity index (χ4n) is 3.70. The molecule has 3 rings (SSSR count). The number of rotatable bonds is 6. The smallest absolute Gasteiger partial charge is 0.214 e. The Morgan fingerprint density at radius 3 is 2.50 bits per heavy atom. The summed E-state index contributed by atoms with van der Waals surface area (Å²) in [5.41, 5.74) is 2.45. The van der Waals surface area contributed by atoms with Crippen molar-refractivity contribution in [2.75, 3.05) is 52.7 Å². The van der Waals surface area contributed by atoms with Crippen molar-refractivity contribution in [2.45, 2.75) is 26.3 Å². The first kappa shape index (κ1) is 20.7. The number of nitrogens with one attached hydrogen (secondary N) is 1. The third-order valence-electron chi connectivity index (χ3n) is 5.17. The maximum absolute atomic E-state index is 11.9. The van der Waals surface area contributed by atoms with Gasteiger partial charge in [0.2, 0.25) is 10.0 Å². The molecule has 0 bridgehead atoms. The topological polar surface area (TPSA) is 83.5 Å². The summed E-state index contributed by atoms with van der Waals surface area (Å²) in [6.45, 7) is 5.86. The number of methoxy groups -OCH3 is 2. The largest absolute Gasteiger partial charge is 0.493 e. The summed E-state index contributed by atoms with van der Waals surface area (Å²) >= 11 is 0. The number of hydrogen-bond donors (Lipinski definition) is 1. The van der Waals surface area contributed by atoms with Crippen LogP contribution in [0.25, 0.3) is 0 Å². The quantitative estimate of drug-likeness (QED) is 0.558. The van der Waals surface area contributed by atoms with E-state index in [0.717, 1.165) is 43.5 Å². The third kappa shape index (κ3) is 4.52. The predicted molar refractivity (Wildman–Crippen MR) is 110 cm³/mol. The molecule has 8 nitrogen and oxygen atoms in total. The van der Waals surface area contributed by atoms with Crippen molar-refractivity contribution in [2.24, 2.45) is 4.99 Å². The highest BCUT2D eigenvalue weighted by atomic mass is 32.2. The molecular formula is C19H30N4O4S. The van der Waals surface area contributed by atoms with E-state index >= 15 is 0 Å². The molecule has 1 aromatic rings. The van der Waals surface area contributed by atoms with Crippen molar-refractivity contribution in [3.63, 3.8) is 0 Å². The van der Waals surface area contributed by atoms with Crippen LogP contribution in [0, 0.1) is 0 Å². The van der Waals surface area contributed by atoms with Gasteiger partial charge in [-0.3, -0.25) is 4.99 Å². The molecule has 2 aliphatic heterocycles. The predicted octanol–water partition coefficient (Wildman–Crippen LogP) is 1.06. The van der Waals surface area contributed by atoms with Crippen molar-refractivity contribution in [3.05, 3.63) is 23.3 Å². The second kappa shape index (κ2) is 9.00. The van der Waals surface area contributed by atoms with Crippen LogP contribution in [0.15, 0.2) is 17.1 Å². The van der Waals surface area contributed by atoms with E-state index in [1.165, 1.54) is 11.1 Å². The number of nitrogens with zero attached hydrogens (tertiary/aromatic N) is 3. The maximum atomic E-state index is 11.9. The van der Waals surface area contributed by atoms with Gasteiger partial charge in [-0.25, -0.2) is 12.7 Å². The minimum Gasteiger partial charge on any atom is -0.493 e. The van der Waals surface area contributed by atoms with E-state index < -0.39 is 10.0 Å². The van der Waals surface area contributed by atoms with Crippen molar-refractivity contribution >= 4 is 16.0 Å². The van der Waals surface area contributed by atoms with E-state index in [0.29, 0.717) is 26.1 Å². The highest BCUT2D eigenvalue weighted by molar-refractivity contribution is 7.89. The monoisotopic (exact) mass is 410 g/mol.